The van der Waals surface area contributed by atoms with Crippen molar-refractivity contribution in [2.75, 3.05) is 10.6 Å². The maximum Gasteiger partial charge on any atom is 0.274 e. The number of rotatable bonds is 4. The quantitative estimate of drug-likeness (QED) is 0.873. The van der Waals surface area contributed by atoms with E-state index in [1.54, 1.807) is 30.5 Å². The first-order valence-corrected chi connectivity index (χ1v) is 7.19. The van der Waals surface area contributed by atoms with Gasteiger partial charge in [-0.3, -0.25) is 9.78 Å². The molecule has 2 aromatic rings. The van der Waals surface area contributed by atoms with Crippen molar-refractivity contribution in [2.45, 2.75) is 19.9 Å². The maximum absolute atomic E-state index is 12.2. The summed E-state index contributed by atoms with van der Waals surface area (Å²) >= 11 is 11.8. The molecule has 0 aliphatic carbocycles. The summed E-state index contributed by atoms with van der Waals surface area (Å²) < 4.78 is 0. The minimum Gasteiger partial charge on any atom is -0.383 e. The van der Waals surface area contributed by atoms with Crippen LogP contribution in [0.1, 0.15) is 24.3 Å². The molecular weight excluding hydrogens is 309 g/mol. The SMILES string of the molecule is CC(C)Nc1ccnc(C(=O)Nc2cc(Cl)cc(Cl)c2)c1. The van der Waals surface area contributed by atoms with E-state index >= 15 is 0 Å². The van der Waals surface area contributed by atoms with Crippen LogP contribution in [0.5, 0.6) is 0 Å². The topological polar surface area (TPSA) is 54.0 Å². The van der Waals surface area contributed by atoms with E-state index < -0.39 is 0 Å². The lowest BCUT2D eigenvalue weighted by molar-refractivity contribution is 0.102. The molecule has 0 radical (unpaired) electrons. The van der Waals surface area contributed by atoms with Gasteiger partial charge in [-0.1, -0.05) is 23.2 Å². The summed E-state index contributed by atoms with van der Waals surface area (Å²) in [5.41, 5.74) is 1.69. The highest BCUT2D eigenvalue weighted by Gasteiger charge is 2.10. The molecule has 0 aliphatic heterocycles. The van der Waals surface area contributed by atoms with E-state index in [0.717, 1.165) is 5.69 Å². The fraction of sp³-hybridized carbons (Fsp3) is 0.200. The minimum atomic E-state index is -0.319. The lowest BCUT2D eigenvalue weighted by Gasteiger charge is -2.11. The van der Waals surface area contributed by atoms with Crippen LogP contribution >= 0.6 is 23.2 Å². The highest BCUT2D eigenvalue weighted by Crippen LogP contribution is 2.23. The van der Waals surface area contributed by atoms with Crippen molar-refractivity contribution >= 4 is 40.5 Å². The number of carbonyl (C=O) groups excluding carboxylic acids is 1. The lowest BCUT2D eigenvalue weighted by Crippen LogP contribution is -2.15. The Bertz CT molecular complexity index is 639. The van der Waals surface area contributed by atoms with Crippen LogP contribution in [0.3, 0.4) is 0 Å². The number of pyridine rings is 1. The molecule has 110 valence electrons. The molecule has 2 N–H and O–H groups in total. The molecule has 1 aromatic carbocycles. The molecule has 1 heterocycles. The predicted molar refractivity (Wildman–Crippen MR) is 87.4 cm³/mol. The van der Waals surface area contributed by atoms with Crippen LogP contribution in [0.2, 0.25) is 10.0 Å². The average Bonchev–Trinajstić information content (AvgIpc) is 2.36. The van der Waals surface area contributed by atoms with E-state index in [0.29, 0.717) is 21.4 Å². The summed E-state index contributed by atoms with van der Waals surface area (Å²) in [6.45, 7) is 4.04. The smallest absolute Gasteiger partial charge is 0.274 e. The van der Waals surface area contributed by atoms with Gasteiger partial charge in [-0.2, -0.15) is 0 Å². The molecule has 1 aromatic heterocycles. The van der Waals surface area contributed by atoms with E-state index in [1.807, 2.05) is 19.9 Å². The lowest BCUT2D eigenvalue weighted by atomic mass is 10.2. The maximum atomic E-state index is 12.2. The van der Waals surface area contributed by atoms with Crippen molar-refractivity contribution in [3.8, 4) is 0 Å². The molecule has 0 saturated carbocycles. The third-order valence-corrected chi connectivity index (χ3v) is 3.00. The first-order valence-electron chi connectivity index (χ1n) is 6.44. The van der Waals surface area contributed by atoms with Crippen molar-refractivity contribution in [3.05, 3.63) is 52.3 Å². The van der Waals surface area contributed by atoms with Gasteiger partial charge in [0.15, 0.2) is 0 Å². The summed E-state index contributed by atoms with van der Waals surface area (Å²) in [5, 5.41) is 6.86. The zero-order valence-electron chi connectivity index (χ0n) is 11.7. The van der Waals surface area contributed by atoms with Crippen molar-refractivity contribution in [1.82, 2.24) is 4.98 Å². The molecule has 0 bridgehead atoms. The van der Waals surface area contributed by atoms with Crippen LogP contribution in [0.4, 0.5) is 11.4 Å². The normalized spacial score (nSPS) is 10.5. The van der Waals surface area contributed by atoms with Gasteiger partial charge in [0, 0.05) is 33.7 Å². The fourth-order valence-electron chi connectivity index (χ4n) is 1.80. The third-order valence-electron chi connectivity index (χ3n) is 2.57. The molecule has 0 unspecified atom stereocenters. The van der Waals surface area contributed by atoms with Crippen LogP contribution in [0, 0.1) is 0 Å². The second-order valence-electron chi connectivity index (χ2n) is 4.84. The number of benzene rings is 1. The third kappa shape index (κ3) is 4.62. The second kappa shape index (κ2) is 6.78. The van der Waals surface area contributed by atoms with E-state index in [-0.39, 0.29) is 11.9 Å². The zero-order chi connectivity index (χ0) is 15.4. The minimum absolute atomic E-state index is 0.273. The van der Waals surface area contributed by atoms with Gasteiger partial charge >= 0.3 is 0 Å². The molecule has 0 saturated heterocycles. The van der Waals surface area contributed by atoms with Crippen LogP contribution in [-0.2, 0) is 0 Å². The molecule has 0 fully saturated rings. The Morgan fingerprint density at radius 1 is 1.10 bits per heavy atom. The fourth-order valence-corrected chi connectivity index (χ4v) is 2.33. The average molecular weight is 324 g/mol. The number of nitrogens with zero attached hydrogens (tertiary/aromatic N) is 1. The van der Waals surface area contributed by atoms with E-state index in [9.17, 15) is 4.79 Å². The Labute approximate surface area is 133 Å². The van der Waals surface area contributed by atoms with Crippen molar-refractivity contribution < 1.29 is 4.79 Å². The van der Waals surface area contributed by atoms with Crippen LogP contribution in [-0.4, -0.2) is 16.9 Å². The Kier molecular flexibility index (Phi) is 5.04. The Hall–Kier alpha value is -1.78. The molecular formula is C15H15Cl2N3O. The number of halogens is 2. The van der Waals surface area contributed by atoms with Crippen LogP contribution in [0.25, 0.3) is 0 Å². The van der Waals surface area contributed by atoms with E-state index in [4.69, 9.17) is 23.2 Å². The number of nitrogens with one attached hydrogen (secondary N) is 2. The van der Waals surface area contributed by atoms with Gasteiger partial charge < -0.3 is 10.6 Å². The Balaban J connectivity index is 2.16. The molecule has 0 spiro atoms. The van der Waals surface area contributed by atoms with Crippen molar-refractivity contribution in [2.24, 2.45) is 0 Å². The molecule has 6 heteroatoms. The highest BCUT2D eigenvalue weighted by atomic mass is 35.5. The van der Waals surface area contributed by atoms with Crippen molar-refractivity contribution in [1.29, 1.82) is 0 Å². The molecule has 0 aliphatic rings. The van der Waals surface area contributed by atoms with Gasteiger partial charge in [0.25, 0.3) is 5.91 Å². The standard InChI is InChI=1S/C15H15Cl2N3O/c1-9(2)19-12-3-4-18-14(8-12)15(21)20-13-6-10(16)5-11(17)7-13/h3-9H,1-2H3,(H,18,19)(H,20,21). The molecule has 0 atom stereocenters. The summed E-state index contributed by atoms with van der Waals surface area (Å²) in [4.78, 5) is 16.3. The summed E-state index contributed by atoms with van der Waals surface area (Å²) in [6.07, 6.45) is 1.59. The molecule has 21 heavy (non-hydrogen) atoms. The monoisotopic (exact) mass is 323 g/mol. The first-order chi connectivity index (χ1) is 9.94. The van der Waals surface area contributed by atoms with Crippen LogP contribution in [0.15, 0.2) is 36.5 Å². The van der Waals surface area contributed by atoms with Gasteiger partial charge in [0.2, 0.25) is 0 Å². The second-order valence-corrected chi connectivity index (χ2v) is 5.71. The predicted octanol–water partition coefficient (Wildman–Crippen LogP) is 4.46. The number of aromatic nitrogens is 1. The largest absolute Gasteiger partial charge is 0.383 e. The number of amides is 1. The Morgan fingerprint density at radius 3 is 2.38 bits per heavy atom. The Morgan fingerprint density at radius 2 is 1.76 bits per heavy atom. The number of hydrogen-bond donors (Lipinski definition) is 2. The number of anilines is 2. The van der Waals surface area contributed by atoms with Crippen molar-refractivity contribution in [3.63, 3.8) is 0 Å². The summed E-state index contributed by atoms with van der Waals surface area (Å²) in [5.74, 6) is -0.319. The zero-order valence-corrected chi connectivity index (χ0v) is 13.2. The van der Waals surface area contributed by atoms with E-state index in [2.05, 4.69) is 15.6 Å². The first kappa shape index (κ1) is 15.6. The van der Waals surface area contributed by atoms with Gasteiger partial charge in [0.1, 0.15) is 5.69 Å². The van der Waals surface area contributed by atoms with Crippen LogP contribution < -0.4 is 10.6 Å². The summed E-state index contributed by atoms with van der Waals surface area (Å²) in [6, 6.07) is 8.64. The van der Waals surface area contributed by atoms with E-state index in [1.165, 1.54) is 0 Å². The van der Waals surface area contributed by atoms with Gasteiger partial charge in [-0.15, -0.1) is 0 Å². The molecule has 1 amide bonds. The highest BCUT2D eigenvalue weighted by molar-refractivity contribution is 6.35. The molecule has 4 nitrogen and oxygen atoms in total. The van der Waals surface area contributed by atoms with Gasteiger partial charge in [-0.25, -0.2) is 0 Å². The summed E-state index contributed by atoms with van der Waals surface area (Å²) in [7, 11) is 0. The number of hydrogen-bond acceptors (Lipinski definition) is 3. The number of carbonyl (C=O) groups is 1. The van der Waals surface area contributed by atoms with Gasteiger partial charge in [0.05, 0.1) is 0 Å². The molecule has 2 rings (SSSR count). The van der Waals surface area contributed by atoms with Gasteiger partial charge in [-0.05, 0) is 44.2 Å².